The Labute approximate surface area is 54.9 Å². The van der Waals surface area contributed by atoms with E-state index in [0.29, 0.717) is 20.7 Å². The van der Waals surface area contributed by atoms with Crippen molar-refractivity contribution in [3.63, 3.8) is 0 Å². The van der Waals surface area contributed by atoms with Crippen molar-refractivity contribution >= 4 is 14.7 Å². The molecule has 0 saturated heterocycles. The molecule has 1 rings (SSSR count). The van der Waals surface area contributed by atoms with Gasteiger partial charge in [0.2, 0.25) is 0 Å². The summed E-state index contributed by atoms with van der Waals surface area (Å²) in [4.78, 5) is 0. The number of nitrogens with zero attached hydrogens (tertiary/aromatic N) is 2. The van der Waals surface area contributed by atoms with E-state index in [1.165, 1.54) is 4.44 Å². The summed E-state index contributed by atoms with van der Waals surface area (Å²) in [5.41, 5.74) is 0. The van der Waals surface area contributed by atoms with E-state index in [9.17, 15) is 0 Å². The van der Waals surface area contributed by atoms with Crippen molar-refractivity contribution in [2.45, 2.75) is 19.8 Å². The van der Waals surface area contributed by atoms with Crippen LogP contribution in [0.2, 0.25) is 0 Å². The van der Waals surface area contributed by atoms with Crippen molar-refractivity contribution in [2.75, 3.05) is 0 Å². The average Bonchev–Trinajstić information content (AvgIpc) is 2.12. The van der Waals surface area contributed by atoms with Gasteiger partial charge in [0.25, 0.3) is 0 Å². The van der Waals surface area contributed by atoms with Crippen molar-refractivity contribution in [1.29, 1.82) is 0 Å². The van der Waals surface area contributed by atoms with Gasteiger partial charge < -0.3 is 0 Å². The molecular formula is C5H8N2Se. The summed E-state index contributed by atoms with van der Waals surface area (Å²) < 4.78 is 5.28. The number of hydrogen-bond acceptors (Lipinski definition) is 2. The summed E-state index contributed by atoms with van der Waals surface area (Å²) in [6.45, 7) is 4.34. The third-order valence-electron chi connectivity index (χ3n) is 0.947. The molecule has 1 heterocycles. The Morgan fingerprint density at radius 3 is 2.62 bits per heavy atom. The van der Waals surface area contributed by atoms with Gasteiger partial charge in [-0.3, -0.25) is 0 Å². The van der Waals surface area contributed by atoms with Crippen molar-refractivity contribution in [3.8, 4) is 0 Å². The molecule has 0 N–H and O–H groups in total. The Hall–Kier alpha value is -0.141. The summed E-state index contributed by atoms with van der Waals surface area (Å²) in [5.74, 6) is 0.644. The Balaban J connectivity index is 2.77. The van der Waals surface area contributed by atoms with Crippen LogP contribution in [-0.4, -0.2) is 23.9 Å². The van der Waals surface area contributed by atoms with E-state index in [0.717, 1.165) is 0 Å². The molecule has 2 nitrogen and oxygen atoms in total. The van der Waals surface area contributed by atoms with Crippen LogP contribution in [0.25, 0.3) is 0 Å². The molecule has 0 aliphatic carbocycles. The van der Waals surface area contributed by atoms with Crippen LogP contribution < -0.4 is 0 Å². The second-order valence-corrected chi connectivity index (χ2v) is 3.69. The SMILES string of the molecule is CC(C)c1cnn[se]1. The minimum atomic E-state index is 0.328. The summed E-state index contributed by atoms with van der Waals surface area (Å²) in [6.07, 6.45) is 1.88. The minimum absolute atomic E-state index is 0.328. The fourth-order valence-electron chi connectivity index (χ4n) is 0.429. The van der Waals surface area contributed by atoms with Crippen molar-refractivity contribution in [1.82, 2.24) is 9.19 Å². The fourth-order valence-corrected chi connectivity index (χ4v) is 1.46. The molecule has 8 heavy (non-hydrogen) atoms. The molecule has 0 radical (unpaired) electrons. The van der Waals surface area contributed by atoms with E-state index in [2.05, 4.69) is 23.0 Å². The first kappa shape index (κ1) is 5.99. The van der Waals surface area contributed by atoms with Crippen LogP contribution in [0.3, 0.4) is 0 Å². The van der Waals surface area contributed by atoms with Crippen molar-refractivity contribution in [2.24, 2.45) is 0 Å². The van der Waals surface area contributed by atoms with E-state index in [4.69, 9.17) is 0 Å². The van der Waals surface area contributed by atoms with E-state index >= 15 is 0 Å². The van der Waals surface area contributed by atoms with Gasteiger partial charge in [-0.25, -0.2) is 0 Å². The second kappa shape index (κ2) is 2.42. The molecule has 0 saturated carbocycles. The van der Waals surface area contributed by atoms with Gasteiger partial charge in [0.05, 0.1) is 0 Å². The zero-order valence-corrected chi connectivity index (χ0v) is 6.67. The van der Waals surface area contributed by atoms with Crippen LogP contribution in [0, 0.1) is 0 Å². The first-order valence-corrected chi connectivity index (χ1v) is 4.20. The molecule has 0 fully saturated rings. The summed E-state index contributed by atoms with van der Waals surface area (Å²) >= 11 is 0.328. The van der Waals surface area contributed by atoms with Crippen molar-refractivity contribution in [3.05, 3.63) is 10.6 Å². The summed E-state index contributed by atoms with van der Waals surface area (Å²) in [6, 6.07) is 0. The quantitative estimate of drug-likeness (QED) is 0.586. The maximum absolute atomic E-state index is 3.88. The van der Waals surface area contributed by atoms with Gasteiger partial charge in [-0.2, -0.15) is 0 Å². The molecule has 0 unspecified atom stereocenters. The van der Waals surface area contributed by atoms with E-state index in [1.54, 1.807) is 0 Å². The maximum atomic E-state index is 3.88. The number of aromatic nitrogens is 2. The zero-order valence-electron chi connectivity index (χ0n) is 4.96. The molecule has 0 aromatic carbocycles. The van der Waals surface area contributed by atoms with Gasteiger partial charge in [-0.1, -0.05) is 0 Å². The number of rotatable bonds is 1. The molecule has 1 aromatic rings. The molecule has 0 aliphatic rings. The monoisotopic (exact) mass is 176 g/mol. The van der Waals surface area contributed by atoms with Gasteiger partial charge in [-0.05, 0) is 0 Å². The zero-order chi connectivity index (χ0) is 5.98. The van der Waals surface area contributed by atoms with Crippen LogP contribution in [0.4, 0.5) is 0 Å². The fraction of sp³-hybridized carbons (Fsp3) is 0.600. The molecule has 0 spiro atoms. The van der Waals surface area contributed by atoms with Gasteiger partial charge in [0, 0.05) is 0 Å². The Morgan fingerprint density at radius 2 is 2.38 bits per heavy atom. The Bertz CT molecular complexity index is 145. The molecule has 0 aliphatic heterocycles. The third-order valence-corrected chi connectivity index (χ3v) is 2.97. The molecular weight excluding hydrogens is 167 g/mol. The van der Waals surface area contributed by atoms with Gasteiger partial charge in [0.15, 0.2) is 0 Å². The van der Waals surface area contributed by atoms with Crippen LogP contribution >= 0.6 is 0 Å². The first-order valence-electron chi connectivity index (χ1n) is 2.58. The van der Waals surface area contributed by atoms with Gasteiger partial charge in [-0.15, -0.1) is 0 Å². The summed E-state index contributed by atoms with van der Waals surface area (Å²) in [5, 5.41) is 3.78. The Morgan fingerprint density at radius 1 is 1.62 bits per heavy atom. The third kappa shape index (κ3) is 1.17. The van der Waals surface area contributed by atoms with E-state index in [-0.39, 0.29) is 0 Å². The standard InChI is InChI=1S/C5H8N2Se/c1-4(2)5-3-6-7-8-5/h3-4H,1-2H3. The molecule has 0 atom stereocenters. The average molecular weight is 175 g/mol. The van der Waals surface area contributed by atoms with Crippen molar-refractivity contribution < 1.29 is 0 Å². The van der Waals surface area contributed by atoms with Crippen LogP contribution in [0.5, 0.6) is 0 Å². The normalized spacial score (nSPS) is 10.4. The van der Waals surface area contributed by atoms with E-state index in [1.807, 2.05) is 6.20 Å². The predicted octanol–water partition coefficient (Wildman–Crippen LogP) is 0.657. The molecule has 1 aromatic heterocycles. The van der Waals surface area contributed by atoms with Gasteiger partial charge in [0.1, 0.15) is 0 Å². The topological polar surface area (TPSA) is 25.8 Å². The molecule has 0 bridgehead atoms. The molecule has 44 valence electrons. The van der Waals surface area contributed by atoms with Crippen LogP contribution in [0.1, 0.15) is 24.2 Å². The second-order valence-electron chi connectivity index (χ2n) is 1.97. The van der Waals surface area contributed by atoms with E-state index < -0.39 is 0 Å². The molecule has 0 amide bonds. The number of hydrogen-bond donors (Lipinski definition) is 0. The first-order chi connectivity index (χ1) is 3.80. The van der Waals surface area contributed by atoms with Gasteiger partial charge >= 0.3 is 54.3 Å². The molecule has 3 heteroatoms. The predicted molar refractivity (Wildman–Crippen MR) is 33.1 cm³/mol. The summed E-state index contributed by atoms with van der Waals surface area (Å²) in [7, 11) is 0. The Kier molecular flexibility index (Phi) is 1.81. The van der Waals surface area contributed by atoms with Crippen LogP contribution in [-0.2, 0) is 0 Å². The van der Waals surface area contributed by atoms with Crippen LogP contribution in [0.15, 0.2) is 6.20 Å².